The minimum Gasteiger partial charge on any atom is -0.493 e. The van der Waals surface area contributed by atoms with E-state index in [1.54, 1.807) is 32.4 Å². The maximum absolute atomic E-state index is 12.4. The van der Waals surface area contributed by atoms with Crippen molar-refractivity contribution in [3.63, 3.8) is 0 Å². The highest BCUT2D eigenvalue weighted by atomic mass is 16.5. The molecule has 0 unspecified atom stereocenters. The van der Waals surface area contributed by atoms with Crippen molar-refractivity contribution in [3.05, 3.63) is 23.8 Å². The van der Waals surface area contributed by atoms with Crippen LogP contribution >= 0.6 is 0 Å². The van der Waals surface area contributed by atoms with Gasteiger partial charge in [0, 0.05) is 5.54 Å². The Morgan fingerprint density at radius 1 is 1.00 bits per heavy atom. The summed E-state index contributed by atoms with van der Waals surface area (Å²) in [7, 11) is 3.11. The number of carbonyl (C=O) groups excluding carboxylic acids is 2. The molecule has 28 heavy (non-hydrogen) atoms. The molecule has 0 heterocycles. The molecule has 6 nitrogen and oxygen atoms in total. The smallest absolute Gasteiger partial charge is 0.310 e. The van der Waals surface area contributed by atoms with Crippen molar-refractivity contribution in [2.45, 2.75) is 50.5 Å². The first kappa shape index (κ1) is 19.1. The largest absolute Gasteiger partial charge is 0.493 e. The van der Waals surface area contributed by atoms with Crippen LogP contribution in [0.2, 0.25) is 0 Å². The molecule has 0 aromatic heterocycles. The van der Waals surface area contributed by atoms with Crippen LogP contribution in [-0.4, -0.2) is 38.2 Å². The van der Waals surface area contributed by atoms with Gasteiger partial charge in [0.15, 0.2) is 18.1 Å². The lowest BCUT2D eigenvalue weighted by Crippen LogP contribution is -2.60. The molecular weight excluding hydrogens is 358 g/mol. The molecule has 0 atom stereocenters. The molecular formula is C22H29NO5. The van der Waals surface area contributed by atoms with Gasteiger partial charge in [-0.25, -0.2) is 0 Å². The molecule has 1 aromatic rings. The summed E-state index contributed by atoms with van der Waals surface area (Å²) in [5.74, 6) is 2.86. The topological polar surface area (TPSA) is 73.9 Å². The van der Waals surface area contributed by atoms with E-state index in [1.165, 1.54) is 19.3 Å². The lowest BCUT2D eigenvalue weighted by Gasteiger charge is -2.56. The van der Waals surface area contributed by atoms with Gasteiger partial charge in [0.25, 0.3) is 5.91 Å². The van der Waals surface area contributed by atoms with Crippen molar-refractivity contribution >= 4 is 11.9 Å². The second-order valence-electron chi connectivity index (χ2n) is 8.77. The predicted octanol–water partition coefficient (Wildman–Crippen LogP) is 2.87. The Morgan fingerprint density at radius 2 is 1.61 bits per heavy atom. The zero-order valence-electron chi connectivity index (χ0n) is 16.7. The lowest BCUT2D eigenvalue weighted by atomic mass is 9.53. The van der Waals surface area contributed by atoms with Crippen molar-refractivity contribution < 1.29 is 23.8 Å². The number of carbonyl (C=O) groups is 2. The summed E-state index contributed by atoms with van der Waals surface area (Å²) in [6.45, 7) is -0.214. The normalized spacial score (nSPS) is 30.0. The predicted molar refractivity (Wildman–Crippen MR) is 103 cm³/mol. The number of hydrogen-bond donors (Lipinski definition) is 1. The van der Waals surface area contributed by atoms with E-state index in [9.17, 15) is 9.59 Å². The molecule has 4 saturated carbocycles. The first-order chi connectivity index (χ1) is 13.5. The molecule has 4 aliphatic rings. The van der Waals surface area contributed by atoms with E-state index in [-0.39, 0.29) is 24.5 Å². The van der Waals surface area contributed by atoms with Gasteiger partial charge >= 0.3 is 5.97 Å². The van der Waals surface area contributed by atoms with Gasteiger partial charge in [-0.1, -0.05) is 6.07 Å². The van der Waals surface area contributed by atoms with E-state index in [0.717, 1.165) is 42.6 Å². The Morgan fingerprint density at radius 3 is 2.18 bits per heavy atom. The number of ether oxygens (including phenoxy) is 3. The van der Waals surface area contributed by atoms with Gasteiger partial charge in [-0.05, 0) is 74.0 Å². The second kappa shape index (κ2) is 7.64. The van der Waals surface area contributed by atoms with Crippen LogP contribution < -0.4 is 14.8 Å². The molecule has 0 saturated heterocycles. The van der Waals surface area contributed by atoms with E-state index in [1.807, 2.05) is 0 Å². The maximum atomic E-state index is 12.4. The quantitative estimate of drug-likeness (QED) is 0.729. The van der Waals surface area contributed by atoms with Gasteiger partial charge in [-0.3, -0.25) is 9.59 Å². The number of methoxy groups -OCH3 is 2. The van der Waals surface area contributed by atoms with Crippen molar-refractivity contribution in [2.75, 3.05) is 20.8 Å². The van der Waals surface area contributed by atoms with Gasteiger partial charge in [-0.15, -0.1) is 0 Å². The van der Waals surface area contributed by atoms with Gasteiger partial charge in [0.2, 0.25) is 0 Å². The molecule has 1 aromatic carbocycles. The van der Waals surface area contributed by atoms with E-state index >= 15 is 0 Å². The number of esters is 1. The molecule has 4 fully saturated rings. The van der Waals surface area contributed by atoms with Gasteiger partial charge < -0.3 is 19.5 Å². The number of amides is 1. The molecule has 6 heteroatoms. The van der Waals surface area contributed by atoms with E-state index in [4.69, 9.17) is 14.2 Å². The van der Waals surface area contributed by atoms with Crippen molar-refractivity contribution in [1.82, 2.24) is 5.32 Å². The van der Waals surface area contributed by atoms with Crippen LogP contribution in [0.4, 0.5) is 0 Å². The molecule has 5 rings (SSSR count). The standard InChI is InChI=1S/C22H29NO5/c1-26-18-4-3-14(8-19(18)27-2)9-21(25)28-13-20(24)23-22-10-15-5-16(11-22)7-17(6-15)12-22/h3-4,8,15-17H,5-7,9-13H2,1-2H3,(H,23,24). The Balaban J connectivity index is 1.27. The van der Waals surface area contributed by atoms with Crippen LogP contribution in [-0.2, 0) is 20.7 Å². The lowest BCUT2D eigenvalue weighted by molar-refractivity contribution is -0.149. The second-order valence-corrected chi connectivity index (χ2v) is 8.77. The Labute approximate surface area is 165 Å². The highest BCUT2D eigenvalue weighted by molar-refractivity contribution is 5.82. The first-order valence-corrected chi connectivity index (χ1v) is 10.2. The van der Waals surface area contributed by atoms with Gasteiger partial charge in [-0.2, -0.15) is 0 Å². The zero-order chi connectivity index (χ0) is 19.7. The highest BCUT2D eigenvalue weighted by Crippen LogP contribution is 2.55. The fourth-order valence-electron chi connectivity index (χ4n) is 5.95. The Bertz CT molecular complexity index is 724. The molecule has 1 amide bonds. The zero-order valence-corrected chi connectivity index (χ0v) is 16.7. The van der Waals surface area contributed by atoms with Crippen LogP contribution in [0.5, 0.6) is 11.5 Å². The average Bonchev–Trinajstić information content (AvgIpc) is 2.65. The Hall–Kier alpha value is -2.24. The monoisotopic (exact) mass is 387 g/mol. The van der Waals surface area contributed by atoms with Crippen LogP contribution in [0.15, 0.2) is 18.2 Å². The molecule has 0 aliphatic heterocycles. The van der Waals surface area contributed by atoms with E-state index in [0.29, 0.717) is 11.5 Å². The minimum atomic E-state index is -0.423. The highest BCUT2D eigenvalue weighted by Gasteiger charge is 2.51. The van der Waals surface area contributed by atoms with Crippen molar-refractivity contribution in [2.24, 2.45) is 17.8 Å². The minimum absolute atomic E-state index is 0.0540. The fourth-order valence-corrected chi connectivity index (χ4v) is 5.95. The summed E-state index contributed by atoms with van der Waals surface area (Å²) >= 11 is 0. The molecule has 4 bridgehead atoms. The molecule has 0 radical (unpaired) electrons. The third kappa shape index (κ3) is 3.96. The van der Waals surface area contributed by atoms with Crippen molar-refractivity contribution in [1.29, 1.82) is 0 Å². The van der Waals surface area contributed by atoms with E-state index < -0.39 is 5.97 Å². The summed E-state index contributed by atoms with van der Waals surface area (Å²) in [6, 6.07) is 5.29. The third-order valence-corrected chi connectivity index (χ3v) is 6.60. The number of benzene rings is 1. The fraction of sp³-hybridized carbons (Fsp3) is 0.636. The summed E-state index contributed by atoms with van der Waals surface area (Å²) in [5.41, 5.74) is 0.700. The van der Waals surface area contributed by atoms with Crippen LogP contribution in [0, 0.1) is 17.8 Å². The SMILES string of the molecule is COc1ccc(CC(=O)OCC(=O)NC23CC4CC(CC(C4)C2)C3)cc1OC. The third-order valence-electron chi connectivity index (χ3n) is 6.60. The van der Waals surface area contributed by atoms with Crippen molar-refractivity contribution in [3.8, 4) is 11.5 Å². The number of hydrogen-bond acceptors (Lipinski definition) is 5. The van der Waals surface area contributed by atoms with Crippen LogP contribution in [0.3, 0.4) is 0 Å². The summed E-state index contributed by atoms with van der Waals surface area (Å²) < 4.78 is 15.7. The average molecular weight is 387 g/mol. The summed E-state index contributed by atoms with van der Waals surface area (Å²) in [6.07, 6.45) is 7.34. The molecule has 152 valence electrons. The number of rotatable bonds is 7. The Kier molecular flexibility index (Phi) is 5.21. The summed E-state index contributed by atoms with van der Waals surface area (Å²) in [5, 5.41) is 3.22. The van der Waals surface area contributed by atoms with Crippen LogP contribution in [0.25, 0.3) is 0 Å². The van der Waals surface area contributed by atoms with Gasteiger partial charge in [0.1, 0.15) is 0 Å². The summed E-state index contributed by atoms with van der Waals surface area (Å²) in [4.78, 5) is 24.6. The van der Waals surface area contributed by atoms with Crippen LogP contribution in [0.1, 0.15) is 44.1 Å². The molecule has 0 spiro atoms. The number of nitrogens with one attached hydrogen (secondary N) is 1. The maximum Gasteiger partial charge on any atom is 0.310 e. The molecule has 4 aliphatic carbocycles. The molecule has 1 N–H and O–H groups in total. The van der Waals surface area contributed by atoms with E-state index in [2.05, 4.69) is 5.32 Å². The first-order valence-electron chi connectivity index (χ1n) is 10.2. The van der Waals surface area contributed by atoms with Gasteiger partial charge in [0.05, 0.1) is 20.6 Å².